The van der Waals surface area contributed by atoms with Gasteiger partial charge in [0.05, 0.1) is 17.4 Å². The average Bonchev–Trinajstić information content (AvgIpc) is 3.22. The maximum Gasteiger partial charge on any atom is 0.433 e. The van der Waals surface area contributed by atoms with Crippen LogP contribution in [0.3, 0.4) is 0 Å². The summed E-state index contributed by atoms with van der Waals surface area (Å²) in [7, 11) is 0. The van der Waals surface area contributed by atoms with Gasteiger partial charge < -0.3 is 4.90 Å². The van der Waals surface area contributed by atoms with E-state index in [1.54, 1.807) is 27.9 Å². The highest BCUT2D eigenvalue weighted by Gasteiger charge is 2.71. The molecule has 1 aliphatic heterocycles. The van der Waals surface area contributed by atoms with Crippen molar-refractivity contribution in [2.45, 2.75) is 24.9 Å². The minimum Gasteiger partial charge on any atom is -0.336 e. The van der Waals surface area contributed by atoms with Crippen LogP contribution >= 0.6 is 0 Å². The Morgan fingerprint density at radius 3 is 2.61 bits per heavy atom. The molecular weight excluding hydrogens is 532 g/mol. The minimum atomic E-state index is -4.62. The number of benzene rings is 2. The fraction of sp³-hybridized carbons (Fsp3) is 0.281. The molecular formula is C32H26F4N4O. The smallest absolute Gasteiger partial charge is 0.336 e. The van der Waals surface area contributed by atoms with Gasteiger partial charge in [-0.25, -0.2) is 14.1 Å². The third kappa shape index (κ3) is 4.09. The number of rotatable bonds is 4. The number of nitrogens with zero attached hydrogens (tertiary/aromatic N) is 4. The predicted octanol–water partition coefficient (Wildman–Crippen LogP) is 6.66. The van der Waals surface area contributed by atoms with Crippen LogP contribution in [0.5, 0.6) is 0 Å². The van der Waals surface area contributed by atoms with Crippen molar-refractivity contribution in [1.82, 2.24) is 19.7 Å². The summed E-state index contributed by atoms with van der Waals surface area (Å²) in [6.45, 7) is 2.92. The van der Waals surface area contributed by atoms with Gasteiger partial charge in [-0.3, -0.25) is 4.79 Å². The molecule has 0 spiro atoms. The van der Waals surface area contributed by atoms with Crippen LogP contribution in [0.4, 0.5) is 17.6 Å². The van der Waals surface area contributed by atoms with Crippen molar-refractivity contribution in [2.24, 2.45) is 17.8 Å². The Bertz CT molecular complexity index is 1740. The van der Waals surface area contributed by atoms with E-state index in [0.29, 0.717) is 24.9 Å². The zero-order chi connectivity index (χ0) is 28.5. The van der Waals surface area contributed by atoms with E-state index in [9.17, 15) is 22.4 Å². The molecule has 2 aromatic heterocycles. The normalized spacial score (nSPS) is 25.1. The summed E-state index contributed by atoms with van der Waals surface area (Å²) in [5.41, 5.74) is 2.24. The van der Waals surface area contributed by atoms with Crippen LogP contribution in [0.15, 0.2) is 85.1 Å². The second kappa shape index (κ2) is 9.12. The van der Waals surface area contributed by atoms with E-state index in [1.807, 2.05) is 13.0 Å². The third-order valence-corrected chi connectivity index (χ3v) is 8.96. The largest absolute Gasteiger partial charge is 0.433 e. The van der Waals surface area contributed by atoms with Gasteiger partial charge in [-0.05, 0) is 90.8 Å². The molecule has 5 nitrogen and oxygen atoms in total. The standard InChI is InChI=1S/C32H26F4N4O/c1-19-14-27-21(16-37-40(27)23-12-10-22(33)11-13-23)15-24(19)31-18-39(17-25(31)29(31)20-6-3-2-4-7-20)30(41)26-8-5-9-28(38-26)32(34,35)36/h2-6,8-16,20,25,29H,7,17-18H2,1H3/t20?,25-,29-,31+/m0/s1. The number of pyridine rings is 1. The van der Waals surface area contributed by atoms with Gasteiger partial charge in [-0.2, -0.15) is 18.3 Å². The van der Waals surface area contributed by atoms with Gasteiger partial charge in [0.1, 0.15) is 17.2 Å². The van der Waals surface area contributed by atoms with Gasteiger partial charge in [-0.1, -0.05) is 30.4 Å². The van der Waals surface area contributed by atoms with Crippen LogP contribution in [0.1, 0.15) is 33.7 Å². The number of hydrogen-bond acceptors (Lipinski definition) is 3. The molecule has 9 heteroatoms. The second-order valence-electron chi connectivity index (χ2n) is 11.2. The summed E-state index contributed by atoms with van der Waals surface area (Å²) in [6, 6.07) is 13.8. The molecule has 0 radical (unpaired) electrons. The van der Waals surface area contributed by atoms with Crippen molar-refractivity contribution < 1.29 is 22.4 Å². The fourth-order valence-corrected chi connectivity index (χ4v) is 7.17. The first kappa shape index (κ1) is 25.7. The Hall–Kier alpha value is -4.27. The van der Waals surface area contributed by atoms with Crippen LogP contribution < -0.4 is 0 Å². The number of amides is 1. The first-order chi connectivity index (χ1) is 19.7. The highest BCUT2D eigenvalue weighted by Crippen LogP contribution is 2.68. The minimum absolute atomic E-state index is 0.168. The lowest BCUT2D eigenvalue weighted by Gasteiger charge is -2.28. The van der Waals surface area contributed by atoms with E-state index in [4.69, 9.17) is 0 Å². The van der Waals surface area contributed by atoms with E-state index < -0.39 is 17.8 Å². The number of alkyl halides is 3. The summed E-state index contributed by atoms with van der Waals surface area (Å²) in [5, 5.41) is 5.50. The quantitative estimate of drug-likeness (QED) is 0.263. The number of hydrogen-bond donors (Lipinski definition) is 0. The van der Waals surface area contributed by atoms with Crippen molar-refractivity contribution >= 4 is 16.8 Å². The average molecular weight is 559 g/mol. The number of carbonyl (C=O) groups excluding carboxylic acids is 1. The van der Waals surface area contributed by atoms with Gasteiger partial charge in [0.2, 0.25) is 0 Å². The highest BCUT2D eigenvalue weighted by molar-refractivity contribution is 5.93. The third-order valence-electron chi connectivity index (χ3n) is 8.96. The number of aromatic nitrogens is 3. The number of aryl methyl sites for hydroxylation is 1. The molecule has 0 bridgehead atoms. The van der Waals surface area contributed by atoms with E-state index in [0.717, 1.165) is 40.2 Å². The van der Waals surface area contributed by atoms with E-state index in [-0.39, 0.29) is 22.8 Å². The van der Waals surface area contributed by atoms with Gasteiger partial charge in [0.15, 0.2) is 0 Å². The fourth-order valence-electron chi connectivity index (χ4n) is 7.17. The van der Waals surface area contributed by atoms with E-state index in [1.165, 1.54) is 24.3 Å². The number of carbonyl (C=O) groups is 1. The summed E-state index contributed by atoms with van der Waals surface area (Å²) in [4.78, 5) is 18.8. The van der Waals surface area contributed by atoms with Crippen LogP contribution in [0.25, 0.3) is 16.6 Å². The number of halogens is 4. The topological polar surface area (TPSA) is 51.0 Å². The van der Waals surface area contributed by atoms with Crippen molar-refractivity contribution in [3.63, 3.8) is 0 Å². The second-order valence-corrected chi connectivity index (χ2v) is 11.2. The van der Waals surface area contributed by atoms with Crippen LogP contribution in [-0.2, 0) is 11.6 Å². The summed E-state index contributed by atoms with van der Waals surface area (Å²) in [6.07, 6.45) is 6.56. The summed E-state index contributed by atoms with van der Waals surface area (Å²) >= 11 is 0. The lowest BCUT2D eigenvalue weighted by Crippen LogP contribution is -2.36. The first-order valence-electron chi connectivity index (χ1n) is 13.6. The Balaban J connectivity index is 1.26. The first-order valence-corrected chi connectivity index (χ1v) is 13.6. The molecule has 1 amide bonds. The molecule has 1 saturated carbocycles. The summed E-state index contributed by atoms with van der Waals surface area (Å²) < 4.78 is 55.2. The van der Waals surface area contributed by atoms with Crippen molar-refractivity contribution in [2.75, 3.05) is 13.1 Å². The molecule has 208 valence electrons. The highest BCUT2D eigenvalue weighted by atomic mass is 19.4. The number of allylic oxidation sites excluding steroid dienone is 4. The van der Waals surface area contributed by atoms with Crippen LogP contribution in [0, 0.1) is 30.5 Å². The Kier molecular flexibility index (Phi) is 5.71. The predicted molar refractivity (Wildman–Crippen MR) is 146 cm³/mol. The molecule has 2 aliphatic carbocycles. The van der Waals surface area contributed by atoms with Gasteiger partial charge in [0, 0.05) is 23.9 Å². The van der Waals surface area contributed by atoms with E-state index >= 15 is 0 Å². The zero-order valence-electron chi connectivity index (χ0n) is 22.1. The molecule has 0 N–H and O–H groups in total. The maximum atomic E-state index is 13.5. The van der Waals surface area contributed by atoms with Crippen LogP contribution in [0.2, 0.25) is 0 Å². The monoisotopic (exact) mass is 558 g/mol. The molecule has 7 rings (SSSR count). The SMILES string of the molecule is Cc1cc2c(cnn2-c2ccc(F)cc2)cc1[C@]12CN(C(=O)c3cccc(C(F)(F)F)n3)C[C@H]1[C@@H]2C1C=CC=CC1. The Labute approximate surface area is 233 Å². The molecule has 4 aromatic rings. The van der Waals surface area contributed by atoms with Crippen molar-refractivity contribution in [3.8, 4) is 5.69 Å². The number of piperidine rings is 1. The van der Waals surface area contributed by atoms with Gasteiger partial charge in [-0.15, -0.1) is 0 Å². The van der Waals surface area contributed by atoms with Gasteiger partial charge >= 0.3 is 6.18 Å². The lowest BCUT2D eigenvalue weighted by molar-refractivity contribution is -0.141. The van der Waals surface area contributed by atoms with Crippen molar-refractivity contribution in [3.05, 3.63) is 113 Å². The molecule has 41 heavy (non-hydrogen) atoms. The van der Waals surface area contributed by atoms with E-state index in [2.05, 4.69) is 40.4 Å². The summed E-state index contributed by atoms with van der Waals surface area (Å²) in [5.74, 6) is -0.0255. The molecule has 4 atom stereocenters. The molecule has 1 saturated heterocycles. The molecule has 1 unspecified atom stereocenters. The maximum absolute atomic E-state index is 13.5. The lowest BCUT2D eigenvalue weighted by atomic mass is 9.83. The Morgan fingerprint density at radius 1 is 1.07 bits per heavy atom. The Morgan fingerprint density at radius 2 is 1.88 bits per heavy atom. The number of likely N-dealkylation sites (tertiary alicyclic amines) is 1. The number of fused-ring (bicyclic) bond motifs is 2. The molecule has 3 aliphatic rings. The molecule has 2 fully saturated rings. The molecule has 3 heterocycles. The van der Waals surface area contributed by atoms with Crippen molar-refractivity contribution in [1.29, 1.82) is 0 Å². The zero-order valence-corrected chi connectivity index (χ0v) is 22.1. The van der Waals surface area contributed by atoms with Gasteiger partial charge in [0.25, 0.3) is 5.91 Å². The molecule has 2 aromatic carbocycles. The van der Waals surface area contributed by atoms with Crippen LogP contribution in [-0.4, -0.2) is 38.7 Å².